The Bertz CT molecular complexity index is 167. The normalized spacial score (nSPS) is 9.31. The maximum Gasteiger partial charge on any atom is 0.330 e. The molecule has 0 unspecified atom stereocenters. The van der Waals surface area contributed by atoms with Gasteiger partial charge in [-0.1, -0.05) is 32.8 Å². The van der Waals surface area contributed by atoms with Gasteiger partial charge < -0.3 is 9.64 Å². The van der Waals surface area contributed by atoms with E-state index in [1.165, 1.54) is 32.2 Å². The van der Waals surface area contributed by atoms with Crippen LogP contribution in [-0.2, 0) is 9.53 Å². The molecule has 16 heavy (non-hydrogen) atoms. The van der Waals surface area contributed by atoms with Gasteiger partial charge in [0.05, 0.1) is 6.61 Å². The molecule has 0 heterocycles. The van der Waals surface area contributed by atoms with E-state index >= 15 is 0 Å². The van der Waals surface area contributed by atoms with Crippen molar-refractivity contribution in [3.63, 3.8) is 0 Å². The smallest absolute Gasteiger partial charge is 0.330 e. The molecule has 0 fully saturated rings. The molecule has 0 aromatic rings. The van der Waals surface area contributed by atoms with Crippen LogP contribution in [0.4, 0.5) is 0 Å². The van der Waals surface area contributed by atoms with Gasteiger partial charge >= 0.3 is 5.97 Å². The SMILES string of the molecule is C=CC(=O)OCC.CCCCCCN(C)C. The number of hydrogen-bond donors (Lipinski definition) is 0. The van der Waals surface area contributed by atoms with E-state index in [2.05, 4.69) is 37.2 Å². The van der Waals surface area contributed by atoms with E-state index in [1.54, 1.807) is 6.92 Å². The standard InChI is InChI=1S/C8H19N.C5H8O2/c1-4-5-6-7-8-9(2)3;1-3-5(6)7-4-2/h4-8H2,1-3H3;3H,1,4H2,2H3. The first-order valence-electron chi connectivity index (χ1n) is 6.02. The van der Waals surface area contributed by atoms with E-state index in [9.17, 15) is 4.79 Å². The number of esters is 1. The van der Waals surface area contributed by atoms with Gasteiger partial charge in [-0.25, -0.2) is 4.79 Å². The molecule has 0 aliphatic heterocycles. The van der Waals surface area contributed by atoms with Crippen LogP contribution in [0.1, 0.15) is 39.5 Å². The van der Waals surface area contributed by atoms with Crippen molar-refractivity contribution in [2.75, 3.05) is 27.2 Å². The molecule has 0 aliphatic rings. The second-order valence-electron chi connectivity index (χ2n) is 3.82. The molecule has 0 spiro atoms. The van der Waals surface area contributed by atoms with E-state index in [0.29, 0.717) is 6.61 Å². The number of hydrogen-bond acceptors (Lipinski definition) is 3. The Hall–Kier alpha value is -0.830. The Kier molecular flexibility index (Phi) is 15.6. The fourth-order valence-corrected chi connectivity index (χ4v) is 1.06. The van der Waals surface area contributed by atoms with Crippen LogP contribution < -0.4 is 0 Å². The Morgan fingerprint density at radius 3 is 2.19 bits per heavy atom. The summed E-state index contributed by atoms with van der Waals surface area (Å²) in [6.45, 7) is 8.87. The predicted octanol–water partition coefficient (Wildman–Crippen LogP) is 2.86. The summed E-state index contributed by atoms with van der Waals surface area (Å²) in [5.74, 6) is -0.359. The highest BCUT2D eigenvalue weighted by Gasteiger charge is 1.88. The number of nitrogens with zero attached hydrogens (tertiary/aromatic N) is 1. The molecular weight excluding hydrogens is 202 g/mol. The number of carbonyl (C=O) groups excluding carboxylic acids is 1. The van der Waals surface area contributed by atoms with Crippen LogP contribution >= 0.6 is 0 Å². The first kappa shape index (κ1) is 17.6. The fraction of sp³-hybridized carbons (Fsp3) is 0.769. The van der Waals surface area contributed by atoms with Gasteiger partial charge in [-0.15, -0.1) is 0 Å². The summed E-state index contributed by atoms with van der Waals surface area (Å²) in [6, 6.07) is 0. The van der Waals surface area contributed by atoms with Crippen molar-refractivity contribution >= 4 is 5.97 Å². The van der Waals surface area contributed by atoms with Crippen molar-refractivity contribution in [1.82, 2.24) is 4.90 Å². The van der Waals surface area contributed by atoms with Crippen LogP contribution in [-0.4, -0.2) is 38.1 Å². The molecule has 0 saturated heterocycles. The first-order valence-corrected chi connectivity index (χ1v) is 6.02. The van der Waals surface area contributed by atoms with Gasteiger partial charge in [0.1, 0.15) is 0 Å². The van der Waals surface area contributed by atoms with Gasteiger partial charge in [0, 0.05) is 6.08 Å². The van der Waals surface area contributed by atoms with Crippen molar-refractivity contribution in [3.8, 4) is 0 Å². The topological polar surface area (TPSA) is 29.5 Å². The van der Waals surface area contributed by atoms with Crippen molar-refractivity contribution in [3.05, 3.63) is 12.7 Å². The minimum atomic E-state index is -0.359. The van der Waals surface area contributed by atoms with Gasteiger partial charge in [0.15, 0.2) is 0 Å². The second kappa shape index (κ2) is 14.2. The van der Waals surface area contributed by atoms with Crippen LogP contribution in [0.5, 0.6) is 0 Å². The van der Waals surface area contributed by atoms with Gasteiger partial charge in [0.25, 0.3) is 0 Å². The Labute approximate surface area is 100 Å². The lowest BCUT2D eigenvalue weighted by atomic mass is 10.2. The third kappa shape index (κ3) is 18.9. The highest BCUT2D eigenvalue weighted by atomic mass is 16.5. The number of rotatable bonds is 7. The Balaban J connectivity index is 0. The van der Waals surface area contributed by atoms with Gasteiger partial charge in [0.2, 0.25) is 0 Å². The summed E-state index contributed by atoms with van der Waals surface area (Å²) < 4.78 is 4.43. The van der Waals surface area contributed by atoms with Crippen LogP contribution in [0.25, 0.3) is 0 Å². The maximum atomic E-state index is 10.1. The molecule has 96 valence electrons. The van der Waals surface area contributed by atoms with E-state index < -0.39 is 0 Å². The molecule has 0 radical (unpaired) electrons. The molecule has 0 amide bonds. The molecule has 0 bridgehead atoms. The van der Waals surface area contributed by atoms with Crippen LogP contribution in [0.2, 0.25) is 0 Å². The molecule has 0 aliphatic carbocycles. The molecule has 0 saturated carbocycles. The van der Waals surface area contributed by atoms with Crippen molar-refractivity contribution < 1.29 is 9.53 Å². The predicted molar refractivity (Wildman–Crippen MR) is 69.5 cm³/mol. The molecule has 0 aromatic heterocycles. The molecule has 3 heteroatoms. The average molecular weight is 229 g/mol. The minimum absolute atomic E-state index is 0.359. The van der Waals surface area contributed by atoms with E-state index in [-0.39, 0.29) is 5.97 Å². The lowest BCUT2D eigenvalue weighted by molar-refractivity contribution is -0.137. The lowest BCUT2D eigenvalue weighted by Crippen LogP contribution is -2.12. The highest BCUT2D eigenvalue weighted by molar-refractivity contribution is 5.81. The number of carbonyl (C=O) groups is 1. The van der Waals surface area contributed by atoms with Crippen LogP contribution in [0.3, 0.4) is 0 Å². The van der Waals surface area contributed by atoms with E-state index in [1.807, 2.05) is 0 Å². The monoisotopic (exact) mass is 229 g/mol. The zero-order valence-electron chi connectivity index (χ0n) is 11.3. The molecule has 0 rings (SSSR count). The molecule has 0 aromatic carbocycles. The number of ether oxygens (including phenoxy) is 1. The summed E-state index contributed by atoms with van der Waals surface area (Å²) in [4.78, 5) is 12.3. The van der Waals surface area contributed by atoms with Crippen LogP contribution in [0, 0.1) is 0 Å². The second-order valence-corrected chi connectivity index (χ2v) is 3.82. The molecular formula is C13H27NO2. The average Bonchev–Trinajstić information content (AvgIpc) is 2.25. The molecule has 0 N–H and O–H groups in total. The first-order chi connectivity index (χ1) is 7.58. The molecule has 0 atom stereocenters. The summed E-state index contributed by atoms with van der Waals surface area (Å²) in [5.41, 5.74) is 0. The summed E-state index contributed by atoms with van der Waals surface area (Å²) >= 11 is 0. The maximum absolute atomic E-state index is 10.1. The Morgan fingerprint density at radius 1 is 1.25 bits per heavy atom. The third-order valence-corrected chi connectivity index (χ3v) is 1.91. The minimum Gasteiger partial charge on any atom is -0.463 e. The van der Waals surface area contributed by atoms with Crippen LogP contribution in [0.15, 0.2) is 12.7 Å². The van der Waals surface area contributed by atoms with Gasteiger partial charge in [-0.2, -0.15) is 0 Å². The van der Waals surface area contributed by atoms with Crippen molar-refractivity contribution in [2.45, 2.75) is 39.5 Å². The van der Waals surface area contributed by atoms with Crippen molar-refractivity contribution in [2.24, 2.45) is 0 Å². The largest absolute Gasteiger partial charge is 0.463 e. The third-order valence-electron chi connectivity index (χ3n) is 1.91. The zero-order valence-corrected chi connectivity index (χ0v) is 11.3. The number of unbranched alkanes of at least 4 members (excludes halogenated alkanes) is 3. The molecule has 3 nitrogen and oxygen atoms in total. The van der Waals surface area contributed by atoms with Gasteiger partial charge in [-0.3, -0.25) is 0 Å². The van der Waals surface area contributed by atoms with Gasteiger partial charge in [-0.05, 0) is 34.0 Å². The Morgan fingerprint density at radius 2 is 1.88 bits per heavy atom. The lowest BCUT2D eigenvalue weighted by Gasteiger charge is -2.07. The highest BCUT2D eigenvalue weighted by Crippen LogP contribution is 1.98. The van der Waals surface area contributed by atoms with E-state index in [4.69, 9.17) is 0 Å². The quantitative estimate of drug-likeness (QED) is 0.382. The van der Waals surface area contributed by atoms with E-state index in [0.717, 1.165) is 6.08 Å². The summed E-state index contributed by atoms with van der Waals surface area (Å²) in [7, 11) is 4.26. The fourth-order valence-electron chi connectivity index (χ4n) is 1.06. The summed E-state index contributed by atoms with van der Waals surface area (Å²) in [5, 5.41) is 0. The van der Waals surface area contributed by atoms with Crippen molar-refractivity contribution in [1.29, 1.82) is 0 Å². The summed E-state index contributed by atoms with van der Waals surface area (Å²) in [6.07, 6.45) is 6.64. The zero-order chi connectivity index (χ0) is 12.8.